The number of phenolic OH excluding ortho intramolecular Hbond substituents is 1. The fraction of sp³-hybridized carbons (Fsp3) is 0.435. The molecule has 2 aromatic rings. The van der Waals surface area contributed by atoms with Gasteiger partial charge in [-0.25, -0.2) is 0 Å². The molecule has 1 N–H and O–H groups in total. The predicted octanol–water partition coefficient (Wildman–Crippen LogP) is 4.02. The molecular formula is C23H27NO3. The van der Waals surface area contributed by atoms with Crippen LogP contribution in [0, 0.1) is 0 Å². The third kappa shape index (κ3) is 3.59. The molecule has 1 saturated heterocycles. The van der Waals surface area contributed by atoms with E-state index in [0.717, 1.165) is 37.8 Å². The van der Waals surface area contributed by atoms with Gasteiger partial charge in [-0.3, -0.25) is 4.79 Å². The van der Waals surface area contributed by atoms with Crippen molar-refractivity contribution in [2.45, 2.75) is 57.3 Å². The molecule has 2 aromatic carbocycles. The molecule has 4 nitrogen and oxygen atoms in total. The summed E-state index contributed by atoms with van der Waals surface area (Å²) in [5.74, 6) is 0.385. The molecule has 142 valence electrons. The zero-order chi connectivity index (χ0) is 18.8. The minimum Gasteiger partial charge on any atom is -0.508 e. The third-order valence-electron chi connectivity index (χ3n) is 5.77. The zero-order valence-electron chi connectivity index (χ0n) is 15.8. The van der Waals surface area contributed by atoms with Crippen molar-refractivity contribution in [1.29, 1.82) is 0 Å². The van der Waals surface area contributed by atoms with Crippen molar-refractivity contribution in [1.82, 2.24) is 4.90 Å². The molecule has 0 bridgehead atoms. The quantitative estimate of drug-likeness (QED) is 0.871. The molecule has 1 amide bonds. The second-order valence-electron chi connectivity index (χ2n) is 7.59. The van der Waals surface area contributed by atoms with Gasteiger partial charge in [-0.05, 0) is 60.9 Å². The Morgan fingerprint density at radius 3 is 2.78 bits per heavy atom. The van der Waals surface area contributed by atoms with E-state index in [1.54, 1.807) is 6.07 Å². The van der Waals surface area contributed by atoms with Gasteiger partial charge < -0.3 is 14.7 Å². The lowest BCUT2D eigenvalue weighted by molar-refractivity contribution is -0.176. The molecule has 4 rings (SSSR count). The Bertz CT molecular complexity index is 805. The number of amides is 1. The molecule has 0 spiro atoms. The van der Waals surface area contributed by atoms with Crippen LogP contribution in [-0.2, 0) is 22.4 Å². The largest absolute Gasteiger partial charge is 0.508 e. The summed E-state index contributed by atoms with van der Waals surface area (Å²) in [7, 11) is 0. The highest BCUT2D eigenvalue weighted by Gasteiger charge is 2.44. The summed E-state index contributed by atoms with van der Waals surface area (Å²) in [5.41, 5.74) is 3.49. The van der Waals surface area contributed by atoms with Gasteiger partial charge in [-0.2, -0.15) is 0 Å². The van der Waals surface area contributed by atoms with Crippen molar-refractivity contribution in [3.8, 4) is 5.75 Å². The second-order valence-corrected chi connectivity index (χ2v) is 7.59. The van der Waals surface area contributed by atoms with E-state index in [9.17, 15) is 9.90 Å². The molecular weight excluding hydrogens is 338 g/mol. The number of benzene rings is 2. The van der Waals surface area contributed by atoms with Crippen LogP contribution in [0.25, 0.3) is 0 Å². The molecule has 1 fully saturated rings. The van der Waals surface area contributed by atoms with E-state index < -0.39 is 6.10 Å². The summed E-state index contributed by atoms with van der Waals surface area (Å²) in [4.78, 5) is 15.2. The molecule has 1 heterocycles. The fourth-order valence-electron chi connectivity index (χ4n) is 4.45. The van der Waals surface area contributed by atoms with E-state index in [4.69, 9.17) is 4.74 Å². The molecule has 1 aliphatic carbocycles. The number of hydrogen-bond donors (Lipinski definition) is 1. The number of ether oxygens (including phenoxy) is 1. The Hall–Kier alpha value is -2.33. The van der Waals surface area contributed by atoms with E-state index >= 15 is 0 Å². The van der Waals surface area contributed by atoms with Crippen LogP contribution >= 0.6 is 0 Å². The first kappa shape index (κ1) is 18.1. The number of carbonyl (C=O) groups excluding carboxylic acids is 1. The molecule has 3 unspecified atom stereocenters. The average Bonchev–Trinajstić information content (AvgIpc) is 2.69. The van der Waals surface area contributed by atoms with Crippen LogP contribution in [0.4, 0.5) is 0 Å². The Balaban J connectivity index is 1.59. The maximum absolute atomic E-state index is 13.1. The van der Waals surface area contributed by atoms with Gasteiger partial charge in [-0.15, -0.1) is 0 Å². The lowest BCUT2D eigenvalue weighted by Gasteiger charge is -2.47. The van der Waals surface area contributed by atoms with Crippen LogP contribution in [0.1, 0.15) is 49.0 Å². The van der Waals surface area contributed by atoms with Gasteiger partial charge in [0.15, 0.2) is 0 Å². The van der Waals surface area contributed by atoms with Crippen molar-refractivity contribution in [3.63, 3.8) is 0 Å². The van der Waals surface area contributed by atoms with E-state index in [1.807, 2.05) is 35.2 Å². The van der Waals surface area contributed by atoms with Gasteiger partial charge >= 0.3 is 0 Å². The Morgan fingerprint density at radius 2 is 2.00 bits per heavy atom. The maximum Gasteiger partial charge on any atom is 0.252 e. The Labute approximate surface area is 160 Å². The summed E-state index contributed by atoms with van der Waals surface area (Å²) in [5, 5.41) is 9.98. The van der Waals surface area contributed by atoms with E-state index in [1.165, 1.54) is 11.1 Å². The topological polar surface area (TPSA) is 49.8 Å². The number of carbonyl (C=O) groups is 1. The highest BCUT2D eigenvalue weighted by atomic mass is 16.5. The summed E-state index contributed by atoms with van der Waals surface area (Å²) in [6.45, 7) is 2.87. The van der Waals surface area contributed by atoms with Crippen LogP contribution in [0.2, 0.25) is 0 Å². The van der Waals surface area contributed by atoms with Gasteiger partial charge in [0.25, 0.3) is 5.91 Å². The first-order chi connectivity index (χ1) is 13.2. The molecule has 0 saturated carbocycles. The summed E-state index contributed by atoms with van der Waals surface area (Å²) in [6, 6.07) is 15.9. The van der Waals surface area contributed by atoms with Gasteiger partial charge in [0, 0.05) is 6.54 Å². The van der Waals surface area contributed by atoms with Crippen molar-refractivity contribution < 1.29 is 14.6 Å². The third-order valence-corrected chi connectivity index (χ3v) is 5.77. The zero-order valence-corrected chi connectivity index (χ0v) is 15.8. The number of hydrogen-bond acceptors (Lipinski definition) is 3. The van der Waals surface area contributed by atoms with Gasteiger partial charge in [0.05, 0.1) is 6.04 Å². The summed E-state index contributed by atoms with van der Waals surface area (Å²) >= 11 is 0. The Kier molecular flexibility index (Phi) is 5.17. The predicted molar refractivity (Wildman–Crippen MR) is 105 cm³/mol. The fourth-order valence-corrected chi connectivity index (χ4v) is 4.45. The molecule has 1 aliphatic heterocycles. The number of phenols is 1. The monoisotopic (exact) mass is 365 g/mol. The SMILES string of the molecule is CCCN1C(=O)C(CCc2ccccc2)OC2c3cc(O)ccc3CCC21. The van der Waals surface area contributed by atoms with Crippen LogP contribution in [-0.4, -0.2) is 34.6 Å². The van der Waals surface area contributed by atoms with Crippen molar-refractivity contribution in [2.75, 3.05) is 6.54 Å². The van der Waals surface area contributed by atoms with Crippen LogP contribution in [0.5, 0.6) is 5.75 Å². The molecule has 4 heteroatoms. The number of fused-ring (bicyclic) bond motifs is 3. The van der Waals surface area contributed by atoms with Crippen molar-refractivity contribution >= 4 is 5.91 Å². The molecule has 27 heavy (non-hydrogen) atoms. The molecule has 2 aliphatic rings. The number of morpholine rings is 1. The maximum atomic E-state index is 13.1. The molecule has 3 atom stereocenters. The Morgan fingerprint density at radius 1 is 1.19 bits per heavy atom. The lowest BCUT2D eigenvalue weighted by atomic mass is 9.83. The first-order valence-electron chi connectivity index (χ1n) is 9.99. The average molecular weight is 365 g/mol. The summed E-state index contributed by atoms with van der Waals surface area (Å²) < 4.78 is 6.38. The first-order valence-corrected chi connectivity index (χ1v) is 9.99. The van der Waals surface area contributed by atoms with Crippen LogP contribution < -0.4 is 0 Å². The summed E-state index contributed by atoms with van der Waals surface area (Å²) in [6.07, 6.45) is 3.70. The van der Waals surface area contributed by atoms with Crippen molar-refractivity contribution in [3.05, 3.63) is 65.2 Å². The number of rotatable bonds is 5. The van der Waals surface area contributed by atoms with E-state index in [0.29, 0.717) is 6.42 Å². The van der Waals surface area contributed by atoms with Crippen LogP contribution in [0.3, 0.4) is 0 Å². The van der Waals surface area contributed by atoms with Gasteiger partial charge in [-0.1, -0.05) is 43.3 Å². The number of aryl methyl sites for hydroxylation is 2. The highest BCUT2D eigenvalue weighted by molar-refractivity contribution is 5.82. The minimum atomic E-state index is -0.425. The smallest absolute Gasteiger partial charge is 0.252 e. The van der Waals surface area contributed by atoms with Gasteiger partial charge in [0.2, 0.25) is 0 Å². The number of nitrogens with zero attached hydrogens (tertiary/aromatic N) is 1. The normalized spacial score (nSPS) is 24.4. The lowest BCUT2D eigenvalue weighted by Crippen LogP contribution is -2.56. The molecule has 0 aromatic heterocycles. The highest BCUT2D eigenvalue weighted by Crippen LogP contribution is 2.41. The van der Waals surface area contributed by atoms with Crippen molar-refractivity contribution in [2.24, 2.45) is 0 Å². The number of aromatic hydroxyl groups is 1. The standard InChI is InChI=1S/C23H27NO3/c1-2-14-24-20-12-10-17-9-11-18(25)15-19(17)22(20)27-21(23(24)26)13-8-16-6-4-3-5-7-16/h3-7,9,11,15,20-22,25H,2,8,10,12-14H2,1H3. The van der Waals surface area contributed by atoms with E-state index in [2.05, 4.69) is 19.1 Å². The molecule has 0 radical (unpaired) electrons. The minimum absolute atomic E-state index is 0.0692. The van der Waals surface area contributed by atoms with Gasteiger partial charge in [0.1, 0.15) is 18.0 Å². The second kappa shape index (κ2) is 7.73. The van der Waals surface area contributed by atoms with Crippen LogP contribution in [0.15, 0.2) is 48.5 Å². The van der Waals surface area contributed by atoms with E-state index in [-0.39, 0.29) is 23.8 Å².